The van der Waals surface area contributed by atoms with Gasteiger partial charge in [0.1, 0.15) is 29.0 Å². The molecule has 1 heterocycles. The lowest BCUT2D eigenvalue weighted by Gasteiger charge is -2.43. The van der Waals surface area contributed by atoms with Gasteiger partial charge in [-0.2, -0.15) is 13.2 Å². The number of hydrogen-bond donors (Lipinski definition) is 6. The van der Waals surface area contributed by atoms with E-state index in [1.807, 2.05) is 0 Å². The maximum atomic E-state index is 14.0. The molecular weight excluding hydrogens is 779 g/mol. The summed E-state index contributed by atoms with van der Waals surface area (Å²) in [5.41, 5.74) is -5.02. The van der Waals surface area contributed by atoms with Gasteiger partial charge < -0.3 is 49.8 Å². The first kappa shape index (κ1) is 44.0. The Labute approximate surface area is 329 Å². The van der Waals surface area contributed by atoms with E-state index in [1.54, 1.807) is 5.32 Å². The van der Waals surface area contributed by atoms with E-state index in [-0.39, 0.29) is 35.3 Å². The Bertz CT molecular complexity index is 1970. The Morgan fingerprint density at radius 1 is 0.948 bits per heavy atom. The molecule has 58 heavy (non-hydrogen) atoms. The second-order valence-electron chi connectivity index (χ2n) is 14.6. The summed E-state index contributed by atoms with van der Waals surface area (Å²) in [6, 6.07) is 2.52. The SMILES string of the molecule is COc1cccc2c1C(=O)c1c(O)c3c(c(O)c1C2=O)C[C@@](O)(C(=O)COC(=O)CCCCCCCCC(=O)O)C[C@@H]3OC1CC(NC(=O)C(F)(F)F)C(O)C(C)O1. The molecule has 0 spiro atoms. The number of unbranched alkanes of at least 4 members (excludes halogenated alkanes) is 5. The number of Topliss-reactive ketones (excluding diaryl/α,β-unsaturated/α-hetero) is 1. The van der Waals surface area contributed by atoms with Crippen molar-refractivity contribution in [1.82, 2.24) is 5.32 Å². The van der Waals surface area contributed by atoms with E-state index in [0.717, 1.165) is 12.8 Å². The van der Waals surface area contributed by atoms with Gasteiger partial charge in [-0.1, -0.05) is 37.8 Å². The van der Waals surface area contributed by atoms with Gasteiger partial charge in [0.2, 0.25) is 11.6 Å². The van der Waals surface area contributed by atoms with Crippen LogP contribution in [0.15, 0.2) is 18.2 Å². The van der Waals surface area contributed by atoms with Gasteiger partial charge in [-0.3, -0.25) is 28.8 Å². The van der Waals surface area contributed by atoms with Crippen LogP contribution < -0.4 is 10.1 Å². The van der Waals surface area contributed by atoms with E-state index in [9.17, 15) is 62.4 Å². The van der Waals surface area contributed by atoms with Crippen LogP contribution in [0.3, 0.4) is 0 Å². The Morgan fingerprint density at radius 2 is 1.59 bits per heavy atom. The van der Waals surface area contributed by atoms with Gasteiger partial charge in [-0.05, 0) is 25.8 Å². The predicted molar refractivity (Wildman–Crippen MR) is 190 cm³/mol. The maximum absolute atomic E-state index is 14.0. The molecule has 2 aromatic carbocycles. The second kappa shape index (κ2) is 17.8. The first-order chi connectivity index (χ1) is 27.3. The number of amides is 1. The normalized spacial score (nSPS) is 23.9. The number of rotatable bonds is 16. The van der Waals surface area contributed by atoms with E-state index >= 15 is 0 Å². The Kier molecular flexibility index (Phi) is 13.5. The van der Waals surface area contributed by atoms with Crippen LogP contribution in [0.2, 0.25) is 0 Å². The predicted octanol–water partition coefficient (Wildman–Crippen LogP) is 3.48. The average molecular weight is 824 g/mol. The summed E-state index contributed by atoms with van der Waals surface area (Å²) in [6.45, 7) is 0.316. The van der Waals surface area contributed by atoms with Crippen molar-refractivity contribution < 1.29 is 86.4 Å². The third-order valence-corrected chi connectivity index (χ3v) is 10.6. The summed E-state index contributed by atoms with van der Waals surface area (Å²) in [4.78, 5) is 76.4. The zero-order chi connectivity index (χ0) is 42.7. The van der Waals surface area contributed by atoms with Crippen LogP contribution in [-0.2, 0) is 39.8 Å². The van der Waals surface area contributed by atoms with Crippen LogP contribution >= 0.6 is 0 Å². The lowest BCUT2D eigenvalue weighted by Crippen LogP contribution is -2.57. The van der Waals surface area contributed by atoms with E-state index in [4.69, 9.17) is 24.1 Å². The van der Waals surface area contributed by atoms with Gasteiger partial charge in [0.15, 0.2) is 18.7 Å². The monoisotopic (exact) mass is 823 g/mol. The van der Waals surface area contributed by atoms with Crippen LogP contribution in [0.1, 0.15) is 120 Å². The molecule has 1 saturated heterocycles. The molecule has 2 aromatic rings. The second-order valence-corrected chi connectivity index (χ2v) is 14.6. The molecule has 1 aliphatic heterocycles. The zero-order valence-electron chi connectivity index (χ0n) is 31.6. The van der Waals surface area contributed by atoms with E-state index in [1.165, 1.54) is 32.2 Å². The van der Waals surface area contributed by atoms with Gasteiger partial charge >= 0.3 is 24.0 Å². The minimum absolute atomic E-state index is 0.0245. The molecule has 1 amide bonds. The molecular formula is C39H44F3NO15. The van der Waals surface area contributed by atoms with Crippen molar-refractivity contribution in [2.45, 2.75) is 120 Å². The fourth-order valence-corrected chi connectivity index (χ4v) is 7.57. The quantitative estimate of drug-likeness (QED) is 0.0687. The molecule has 316 valence electrons. The summed E-state index contributed by atoms with van der Waals surface area (Å²) in [5, 5.41) is 56.3. The van der Waals surface area contributed by atoms with Gasteiger partial charge in [-0.25, -0.2) is 0 Å². The highest BCUT2D eigenvalue weighted by molar-refractivity contribution is 6.31. The fourth-order valence-electron chi connectivity index (χ4n) is 7.57. The van der Waals surface area contributed by atoms with Crippen LogP contribution in [0, 0.1) is 0 Å². The number of ketones is 3. The molecule has 0 bridgehead atoms. The molecule has 2 aliphatic carbocycles. The molecule has 0 radical (unpaired) electrons. The number of aromatic hydroxyl groups is 2. The number of ether oxygens (including phenoxy) is 4. The molecule has 4 unspecified atom stereocenters. The summed E-state index contributed by atoms with van der Waals surface area (Å²) in [5.74, 6) is -8.73. The number of aliphatic hydroxyl groups is 2. The maximum Gasteiger partial charge on any atom is 0.471 e. The van der Waals surface area contributed by atoms with Crippen LogP contribution in [-0.4, -0.2) is 111 Å². The summed E-state index contributed by atoms with van der Waals surface area (Å²) >= 11 is 0. The first-order valence-electron chi connectivity index (χ1n) is 18.7. The Balaban J connectivity index is 1.42. The number of aliphatic carboxylic acids is 1. The third kappa shape index (κ3) is 9.27. The summed E-state index contributed by atoms with van der Waals surface area (Å²) in [7, 11) is 1.24. The highest BCUT2D eigenvalue weighted by Crippen LogP contribution is 2.52. The molecule has 6 N–H and O–H groups in total. The van der Waals surface area contributed by atoms with Gasteiger partial charge in [-0.15, -0.1) is 0 Å². The van der Waals surface area contributed by atoms with Crippen LogP contribution in [0.4, 0.5) is 13.2 Å². The number of halogens is 3. The number of esters is 1. The highest BCUT2D eigenvalue weighted by atomic mass is 19.4. The number of fused-ring (bicyclic) bond motifs is 3. The molecule has 3 aliphatic rings. The Morgan fingerprint density at radius 3 is 2.22 bits per heavy atom. The lowest BCUT2D eigenvalue weighted by atomic mass is 9.72. The minimum atomic E-state index is -5.31. The fraction of sp³-hybridized carbons (Fsp3) is 0.538. The van der Waals surface area contributed by atoms with Crippen molar-refractivity contribution in [3.8, 4) is 17.2 Å². The van der Waals surface area contributed by atoms with Crippen LogP contribution in [0.5, 0.6) is 17.2 Å². The number of alkyl halides is 3. The van der Waals surface area contributed by atoms with Gasteiger partial charge in [0.25, 0.3) is 0 Å². The number of phenolic OH excluding ortho intramolecular Hbond substituents is 2. The lowest BCUT2D eigenvalue weighted by molar-refractivity contribution is -0.250. The van der Waals surface area contributed by atoms with Crippen molar-refractivity contribution in [2.24, 2.45) is 0 Å². The molecule has 19 heteroatoms. The van der Waals surface area contributed by atoms with E-state index in [2.05, 4.69) is 0 Å². The first-order valence-corrected chi connectivity index (χ1v) is 18.7. The topological polar surface area (TPSA) is 253 Å². The molecule has 0 aromatic heterocycles. The van der Waals surface area contributed by atoms with Crippen molar-refractivity contribution in [3.63, 3.8) is 0 Å². The molecule has 1 fully saturated rings. The highest BCUT2D eigenvalue weighted by Gasteiger charge is 2.51. The molecule has 5 rings (SSSR count). The average Bonchev–Trinajstić information content (AvgIpc) is 3.16. The number of methoxy groups -OCH3 is 1. The van der Waals surface area contributed by atoms with Crippen LogP contribution in [0.25, 0.3) is 0 Å². The number of benzene rings is 2. The number of carbonyl (C=O) groups excluding carboxylic acids is 5. The van der Waals surface area contributed by atoms with E-state index in [0.29, 0.717) is 25.7 Å². The number of carboxylic acid groups (broad SMARTS) is 1. The zero-order valence-corrected chi connectivity index (χ0v) is 31.6. The van der Waals surface area contributed by atoms with Crippen molar-refractivity contribution >= 4 is 35.2 Å². The molecule has 0 saturated carbocycles. The smallest absolute Gasteiger partial charge is 0.471 e. The largest absolute Gasteiger partial charge is 0.507 e. The number of phenols is 2. The number of aliphatic hydroxyl groups excluding tert-OH is 1. The Hall–Kier alpha value is -5.11. The van der Waals surface area contributed by atoms with Gasteiger partial charge in [0.05, 0.1) is 42.0 Å². The summed E-state index contributed by atoms with van der Waals surface area (Å²) in [6.07, 6.45) is -9.93. The number of hydrogen-bond acceptors (Lipinski definition) is 14. The standard InChI is InChI=1S/C39H44F3NO15/c1-18-32(48)21(43-37(53)39(40,41)42)14-27(57-18)58-23-16-38(54,24(44)17-56-26(47)13-8-6-4-3-5-7-12-25(45)46)15-20-29(23)36(52)31-30(34(20)50)33(49)19-10-9-11-22(55-2)28(19)35(31)51/h9-11,18,21,23,27,32,48,50,52,54H,3-8,12-17H2,1-2H3,(H,43,53)(H,45,46)/t18?,21?,23-,27?,32?,38-/m0/s1. The van der Waals surface area contributed by atoms with Gasteiger partial charge in [0, 0.05) is 48.8 Å². The third-order valence-electron chi connectivity index (χ3n) is 10.6. The summed E-state index contributed by atoms with van der Waals surface area (Å²) < 4.78 is 61.5. The van der Waals surface area contributed by atoms with Crippen molar-refractivity contribution in [3.05, 3.63) is 51.6 Å². The number of carbonyl (C=O) groups is 6. The molecule has 6 atom stereocenters. The van der Waals surface area contributed by atoms with Crippen molar-refractivity contribution in [2.75, 3.05) is 13.7 Å². The minimum Gasteiger partial charge on any atom is -0.507 e. The number of nitrogens with one attached hydrogen (secondary N) is 1. The van der Waals surface area contributed by atoms with E-state index < -0.39 is 132 Å². The van der Waals surface area contributed by atoms with Crippen molar-refractivity contribution in [1.29, 1.82) is 0 Å². The molecule has 16 nitrogen and oxygen atoms in total. The number of carboxylic acids is 1.